The average molecular weight is 218 g/mol. The molecule has 0 aromatic carbocycles. The van der Waals surface area contributed by atoms with Gasteiger partial charge in [-0.3, -0.25) is 0 Å². The highest BCUT2D eigenvalue weighted by Gasteiger charge is 2.29. The van der Waals surface area contributed by atoms with Crippen molar-refractivity contribution in [1.29, 1.82) is 0 Å². The van der Waals surface area contributed by atoms with Crippen LogP contribution < -0.4 is 0 Å². The van der Waals surface area contributed by atoms with E-state index in [0.29, 0.717) is 0 Å². The Bertz CT molecular complexity index is 225. The van der Waals surface area contributed by atoms with Gasteiger partial charge in [0.05, 0.1) is 0 Å². The fourth-order valence-corrected chi connectivity index (χ4v) is 3.77. The van der Waals surface area contributed by atoms with Crippen LogP contribution >= 0.6 is 0 Å². The maximum absolute atomic E-state index is 3.57. The van der Waals surface area contributed by atoms with Gasteiger partial charge in [0.1, 0.15) is 0 Å². The summed E-state index contributed by atoms with van der Waals surface area (Å²) < 4.78 is 0. The summed E-state index contributed by atoms with van der Waals surface area (Å²) in [6, 6.07) is 0. The molecule has 90 valence electrons. The summed E-state index contributed by atoms with van der Waals surface area (Å²) in [5.74, 6) is 9.39. The minimum absolute atomic E-state index is 0.741. The van der Waals surface area contributed by atoms with Gasteiger partial charge >= 0.3 is 0 Å². The molecule has 2 saturated carbocycles. The van der Waals surface area contributed by atoms with Crippen LogP contribution in [0.25, 0.3) is 0 Å². The van der Waals surface area contributed by atoms with Crippen molar-refractivity contribution in [2.24, 2.45) is 17.8 Å². The second kappa shape index (κ2) is 6.33. The van der Waals surface area contributed by atoms with E-state index in [9.17, 15) is 0 Å². The molecule has 0 nitrogen and oxygen atoms in total. The summed E-state index contributed by atoms with van der Waals surface area (Å²) in [5.41, 5.74) is 0. The van der Waals surface area contributed by atoms with Crippen LogP contribution in [0, 0.1) is 29.6 Å². The summed E-state index contributed by atoms with van der Waals surface area (Å²) in [4.78, 5) is 0. The first-order valence-corrected chi connectivity index (χ1v) is 7.34. The van der Waals surface area contributed by atoms with Crippen molar-refractivity contribution in [1.82, 2.24) is 0 Å². The summed E-state index contributed by atoms with van der Waals surface area (Å²) in [6.45, 7) is 2.03. The van der Waals surface area contributed by atoms with Gasteiger partial charge in [0.15, 0.2) is 0 Å². The lowest BCUT2D eigenvalue weighted by Crippen LogP contribution is -2.26. The maximum Gasteiger partial charge on any atom is 0.0259 e. The number of hydrogen-bond donors (Lipinski definition) is 0. The Morgan fingerprint density at radius 1 is 0.750 bits per heavy atom. The van der Waals surface area contributed by atoms with Crippen molar-refractivity contribution >= 4 is 0 Å². The Hall–Kier alpha value is -0.440. The fourth-order valence-electron chi connectivity index (χ4n) is 3.77. The molecule has 0 atom stereocenters. The van der Waals surface area contributed by atoms with E-state index in [1.807, 2.05) is 6.92 Å². The van der Waals surface area contributed by atoms with E-state index in [-0.39, 0.29) is 0 Å². The first-order valence-electron chi connectivity index (χ1n) is 7.34. The van der Waals surface area contributed by atoms with Gasteiger partial charge in [-0.15, -0.1) is 5.92 Å². The molecule has 0 amide bonds. The van der Waals surface area contributed by atoms with Crippen molar-refractivity contribution < 1.29 is 0 Å². The predicted octanol–water partition coefficient (Wildman–Crippen LogP) is 4.79. The molecule has 0 heteroatoms. The minimum Gasteiger partial charge on any atom is -0.106 e. The van der Waals surface area contributed by atoms with Crippen molar-refractivity contribution in [3.63, 3.8) is 0 Å². The van der Waals surface area contributed by atoms with Crippen molar-refractivity contribution in [3.8, 4) is 11.8 Å². The topological polar surface area (TPSA) is 0 Å². The molecule has 0 bridgehead atoms. The molecule has 0 heterocycles. The lowest BCUT2D eigenvalue weighted by Gasteiger charge is -2.34. The second-order valence-electron chi connectivity index (χ2n) is 5.72. The van der Waals surface area contributed by atoms with Crippen LogP contribution in [-0.4, -0.2) is 0 Å². The van der Waals surface area contributed by atoms with E-state index >= 15 is 0 Å². The highest BCUT2D eigenvalue weighted by Crippen LogP contribution is 2.39. The molecule has 0 spiro atoms. The molecule has 16 heavy (non-hydrogen) atoms. The Balaban J connectivity index is 1.98. The minimum atomic E-state index is 0.741. The van der Waals surface area contributed by atoms with E-state index in [1.54, 1.807) is 0 Å². The van der Waals surface area contributed by atoms with Gasteiger partial charge in [-0.25, -0.2) is 0 Å². The Kier molecular flexibility index (Phi) is 4.76. The fraction of sp³-hybridized carbons (Fsp3) is 0.875. The normalized spacial score (nSPS) is 24.1. The van der Waals surface area contributed by atoms with Crippen LogP contribution in [0.1, 0.15) is 71.1 Å². The molecular formula is C16H26. The SMILES string of the molecule is CC#CC(C1CCCCC1)C1CCCCC1. The van der Waals surface area contributed by atoms with Crippen LogP contribution in [0.3, 0.4) is 0 Å². The molecule has 0 saturated heterocycles. The van der Waals surface area contributed by atoms with Gasteiger partial charge in [0.2, 0.25) is 0 Å². The van der Waals surface area contributed by atoms with Crippen molar-refractivity contribution in [2.45, 2.75) is 71.1 Å². The molecule has 2 fully saturated rings. The Morgan fingerprint density at radius 2 is 1.19 bits per heavy atom. The van der Waals surface area contributed by atoms with E-state index < -0.39 is 0 Å². The lowest BCUT2D eigenvalue weighted by atomic mass is 9.70. The van der Waals surface area contributed by atoms with Crippen LogP contribution in [0.4, 0.5) is 0 Å². The molecule has 0 radical (unpaired) electrons. The molecule has 0 aromatic rings. The lowest BCUT2D eigenvalue weighted by molar-refractivity contribution is 0.189. The third kappa shape index (κ3) is 3.03. The summed E-state index contributed by atoms with van der Waals surface area (Å²) >= 11 is 0. The maximum atomic E-state index is 3.57. The smallest absolute Gasteiger partial charge is 0.0259 e. The van der Waals surface area contributed by atoms with Gasteiger partial charge in [0, 0.05) is 5.92 Å². The molecule has 0 aromatic heterocycles. The zero-order chi connectivity index (χ0) is 11.2. The number of rotatable bonds is 2. The standard InChI is InChI=1S/C16H26/c1-2-9-16(14-10-5-3-6-11-14)15-12-7-4-8-13-15/h14-16H,3-8,10-13H2,1H3. The monoisotopic (exact) mass is 218 g/mol. The average Bonchev–Trinajstić information content (AvgIpc) is 2.38. The van der Waals surface area contributed by atoms with Crippen LogP contribution in [-0.2, 0) is 0 Å². The van der Waals surface area contributed by atoms with Crippen LogP contribution in [0.15, 0.2) is 0 Å². The van der Waals surface area contributed by atoms with Gasteiger partial charge < -0.3 is 0 Å². The molecule has 0 unspecified atom stereocenters. The van der Waals surface area contributed by atoms with Gasteiger partial charge in [-0.05, 0) is 44.4 Å². The molecular weight excluding hydrogens is 192 g/mol. The summed E-state index contributed by atoms with van der Waals surface area (Å²) in [5, 5.41) is 0. The molecule has 0 N–H and O–H groups in total. The van der Waals surface area contributed by atoms with Crippen LogP contribution in [0.2, 0.25) is 0 Å². The van der Waals surface area contributed by atoms with Crippen LogP contribution in [0.5, 0.6) is 0 Å². The van der Waals surface area contributed by atoms with E-state index in [1.165, 1.54) is 64.2 Å². The van der Waals surface area contributed by atoms with E-state index in [2.05, 4.69) is 11.8 Å². The molecule has 0 aliphatic heterocycles. The largest absolute Gasteiger partial charge is 0.106 e. The van der Waals surface area contributed by atoms with Gasteiger partial charge in [0.25, 0.3) is 0 Å². The Labute approximate surface area is 101 Å². The zero-order valence-corrected chi connectivity index (χ0v) is 10.8. The Morgan fingerprint density at radius 3 is 1.56 bits per heavy atom. The zero-order valence-electron chi connectivity index (χ0n) is 10.8. The third-order valence-corrected chi connectivity index (χ3v) is 4.63. The van der Waals surface area contributed by atoms with E-state index in [4.69, 9.17) is 0 Å². The molecule has 2 rings (SSSR count). The third-order valence-electron chi connectivity index (χ3n) is 4.63. The highest BCUT2D eigenvalue weighted by molar-refractivity contribution is 5.06. The second-order valence-corrected chi connectivity index (χ2v) is 5.72. The summed E-state index contributed by atoms with van der Waals surface area (Å²) in [7, 11) is 0. The van der Waals surface area contributed by atoms with Gasteiger partial charge in [-0.2, -0.15) is 0 Å². The highest BCUT2D eigenvalue weighted by atomic mass is 14.3. The molecule has 2 aliphatic rings. The first-order chi connectivity index (χ1) is 7.92. The predicted molar refractivity (Wildman–Crippen MR) is 70.1 cm³/mol. The van der Waals surface area contributed by atoms with Crippen molar-refractivity contribution in [2.75, 3.05) is 0 Å². The quantitative estimate of drug-likeness (QED) is 0.585. The molecule has 2 aliphatic carbocycles. The van der Waals surface area contributed by atoms with Crippen molar-refractivity contribution in [3.05, 3.63) is 0 Å². The van der Waals surface area contributed by atoms with Gasteiger partial charge in [-0.1, -0.05) is 44.4 Å². The summed E-state index contributed by atoms with van der Waals surface area (Å²) in [6.07, 6.45) is 14.6. The first kappa shape index (κ1) is 12.0. The van der Waals surface area contributed by atoms with E-state index in [0.717, 1.165) is 17.8 Å². The number of hydrogen-bond acceptors (Lipinski definition) is 0.